The SMILES string of the molecule is CCN(CC1CCNCC1)c1nnccc1C#N. The molecule has 0 atom stereocenters. The lowest BCUT2D eigenvalue weighted by atomic mass is 9.97. The minimum atomic E-state index is 0.612. The van der Waals surface area contributed by atoms with Gasteiger partial charge in [-0.2, -0.15) is 10.4 Å². The van der Waals surface area contributed by atoms with Crippen molar-refractivity contribution < 1.29 is 0 Å². The number of nitriles is 1. The summed E-state index contributed by atoms with van der Waals surface area (Å²) in [5.41, 5.74) is 0.612. The van der Waals surface area contributed by atoms with Gasteiger partial charge in [-0.3, -0.25) is 0 Å². The molecule has 5 nitrogen and oxygen atoms in total. The van der Waals surface area contributed by atoms with E-state index in [2.05, 4.69) is 33.4 Å². The molecule has 96 valence electrons. The average Bonchev–Trinajstić information content (AvgIpc) is 2.46. The van der Waals surface area contributed by atoms with Crippen LogP contribution in [-0.2, 0) is 0 Å². The van der Waals surface area contributed by atoms with Gasteiger partial charge in [-0.05, 0) is 44.8 Å². The van der Waals surface area contributed by atoms with Crippen LogP contribution in [-0.4, -0.2) is 36.4 Å². The number of nitrogens with zero attached hydrogens (tertiary/aromatic N) is 4. The van der Waals surface area contributed by atoms with E-state index in [4.69, 9.17) is 5.26 Å². The lowest BCUT2D eigenvalue weighted by molar-refractivity contribution is 0.374. The maximum absolute atomic E-state index is 9.11. The van der Waals surface area contributed by atoms with Crippen molar-refractivity contribution in [3.05, 3.63) is 17.8 Å². The predicted molar refractivity (Wildman–Crippen MR) is 70.2 cm³/mol. The van der Waals surface area contributed by atoms with E-state index in [1.165, 1.54) is 12.8 Å². The number of anilines is 1. The Bertz CT molecular complexity index is 420. The largest absolute Gasteiger partial charge is 0.354 e. The fraction of sp³-hybridized carbons (Fsp3) is 0.615. The Morgan fingerprint density at radius 3 is 2.94 bits per heavy atom. The summed E-state index contributed by atoms with van der Waals surface area (Å²) in [5, 5.41) is 20.5. The maximum atomic E-state index is 9.11. The van der Waals surface area contributed by atoms with Crippen LogP contribution in [0.4, 0.5) is 5.82 Å². The molecule has 1 N–H and O–H groups in total. The molecule has 1 aliphatic rings. The van der Waals surface area contributed by atoms with Crippen LogP contribution >= 0.6 is 0 Å². The summed E-state index contributed by atoms with van der Waals surface area (Å²) >= 11 is 0. The van der Waals surface area contributed by atoms with Crippen molar-refractivity contribution >= 4 is 5.82 Å². The molecule has 0 radical (unpaired) electrons. The molecule has 0 aliphatic carbocycles. The van der Waals surface area contributed by atoms with E-state index in [-0.39, 0.29) is 0 Å². The molecule has 2 heterocycles. The third-order valence-corrected chi connectivity index (χ3v) is 3.44. The fourth-order valence-electron chi connectivity index (χ4n) is 2.39. The summed E-state index contributed by atoms with van der Waals surface area (Å²) in [6, 6.07) is 3.92. The van der Waals surface area contributed by atoms with Gasteiger partial charge < -0.3 is 10.2 Å². The molecule has 0 spiro atoms. The van der Waals surface area contributed by atoms with E-state index in [0.29, 0.717) is 11.5 Å². The van der Waals surface area contributed by atoms with Crippen LogP contribution in [0.25, 0.3) is 0 Å². The first kappa shape index (κ1) is 12.8. The van der Waals surface area contributed by atoms with Crippen molar-refractivity contribution in [3.63, 3.8) is 0 Å². The zero-order chi connectivity index (χ0) is 12.8. The van der Waals surface area contributed by atoms with Gasteiger partial charge in [-0.15, -0.1) is 5.10 Å². The Labute approximate surface area is 108 Å². The highest BCUT2D eigenvalue weighted by molar-refractivity contribution is 5.52. The molecular formula is C13H19N5. The summed E-state index contributed by atoms with van der Waals surface area (Å²) in [4.78, 5) is 2.17. The lowest BCUT2D eigenvalue weighted by Gasteiger charge is -2.30. The molecule has 0 saturated carbocycles. The minimum absolute atomic E-state index is 0.612. The molecule has 1 saturated heterocycles. The molecule has 1 aliphatic heterocycles. The van der Waals surface area contributed by atoms with Crippen molar-refractivity contribution in [1.29, 1.82) is 5.26 Å². The second-order valence-electron chi connectivity index (χ2n) is 4.61. The Balaban J connectivity index is 2.10. The van der Waals surface area contributed by atoms with Gasteiger partial charge in [0.2, 0.25) is 0 Å². The second kappa shape index (κ2) is 6.31. The van der Waals surface area contributed by atoms with Gasteiger partial charge in [0.15, 0.2) is 5.82 Å². The number of hydrogen-bond donors (Lipinski definition) is 1. The third-order valence-electron chi connectivity index (χ3n) is 3.44. The summed E-state index contributed by atoms with van der Waals surface area (Å²) < 4.78 is 0. The van der Waals surface area contributed by atoms with Gasteiger partial charge in [-0.1, -0.05) is 0 Å². The highest BCUT2D eigenvalue weighted by Gasteiger charge is 2.19. The monoisotopic (exact) mass is 245 g/mol. The smallest absolute Gasteiger partial charge is 0.169 e. The van der Waals surface area contributed by atoms with Gasteiger partial charge >= 0.3 is 0 Å². The Morgan fingerprint density at radius 2 is 2.28 bits per heavy atom. The first-order valence-electron chi connectivity index (χ1n) is 6.52. The molecular weight excluding hydrogens is 226 g/mol. The van der Waals surface area contributed by atoms with Crippen molar-refractivity contribution in [2.24, 2.45) is 5.92 Å². The normalized spacial score (nSPS) is 16.2. The van der Waals surface area contributed by atoms with E-state index in [0.717, 1.165) is 32.0 Å². The van der Waals surface area contributed by atoms with Crippen LogP contribution in [0.1, 0.15) is 25.3 Å². The Hall–Kier alpha value is -1.67. The third kappa shape index (κ3) is 2.96. The first-order valence-corrected chi connectivity index (χ1v) is 6.52. The number of hydrogen-bond acceptors (Lipinski definition) is 5. The van der Waals surface area contributed by atoms with Gasteiger partial charge in [-0.25, -0.2) is 0 Å². The number of piperidine rings is 1. The van der Waals surface area contributed by atoms with Gasteiger partial charge in [0, 0.05) is 13.1 Å². The number of aromatic nitrogens is 2. The molecule has 1 aromatic heterocycles. The van der Waals surface area contributed by atoms with Gasteiger partial charge in [0.1, 0.15) is 6.07 Å². The molecule has 0 unspecified atom stereocenters. The summed E-state index contributed by atoms with van der Waals surface area (Å²) in [5.74, 6) is 1.40. The minimum Gasteiger partial charge on any atom is -0.354 e. The highest BCUT2D eigenvalue weighted by Crippen LogP contribution is 2.20. The summed E-state index contributed by atoms with van der Waals surface area (Å²) in [6.45, 7) is 6.10. The van der Waals surface area contributed by atoms with Crippen LogP contribution < -0.4 is 10.2 Å². The molecule has 1 fully saturated rings. The van der Waals surface area contributed by atoms with Crippen LogP contribution in [0.2, 0.25) is 0 Å². The maximum Gasteiger partial charge on any atom is 0.169 e. The van der Waals surface area contributed by atoms with Gasteiger partial charge in [0.25, 0.3) is 0 Å². The quantitative estimate of drug-likeness (QED) is 0.862. The molecule has 5 heteroatoms. The number of rotatable bonds is 4. The van der Waals surface area contributed by atoms with Crippen molar-refractivity contribution in [2.45, 2.75) is 19.8 Å². The van der Waals surface area contributed by atoms with Crippen LogP contribution in [0, 0.1) is 17.2 Å². The molecule has 0 amide bonds. The van der Waals surface area contributed by atoms with E-state index in [9.17, 15) is 0 Å². The van der Waals surface area contributed by atoms with Crippen molar-refractivity contribution in [3.8, 4) is 6.07 Å². The second-order valence-corrected chi connectivity index (χ2v) is 4.61. The summed E-state index contributed by atoms with van der Waals surface area (Å²) in [7, 11) is 0. The molecule has 2 rings (SSSR count). The Kier molecular flexibility index (Phi) is 4.48. The first-order chi connectivity index (χ1) is 8.85. The zero-order valence-electron chi connectivity index (χ0n) is 10.8. The Morgan fingerprint density at radius 1 is 1.50 bits per heavy atom. The van der Waals surface area contributed by atoms with Gasteiger partial charge in [0.05, 0.1) is 11.8 Å². The lowest BCUT2D eigenvalue weighted by Crippen LogP contribution is -2.37. The van der Waals surface area contributed by atoms with Crippen molar-refractivity contribution in [2.75, 3.05) is 31.1 Å². The van der Waals surface area contributed by atoms with E-state index >= 15 is 0 Å². The van der Waals surface area contributed by atoms with Crippen LogP contribution in [0.15, 0.2) is 12.3 Å². The van der Waals surface area contributed by atoms with E-state index < -0.39 is 0 Å². The number of nitrogens with one attached hydrogen (secondary N) is 1. The standard InChI is InChI=1S/C13H19N5/c1-2-18(10-11-3-6-15-7-4-11)13-12(9-14)5-8-16-17-13/h5,8,11,15H,2-4,6-7,10H2,1H3. The molecule has 1 aromatic rings. The van der Waals surface area contributed by atoms with Crippen molar-refractivity contribution in [1.82, 2.24) is 15.5 Å². The van der Waals surface area contributed by atoms with Crippen LogP contribution in [0.3, 0.4) is 0 Å². The molecule has 0 bridgehead atoms. The average molecular weight is 245 g/mol. The molecule has 18 heavy (non-hydrogen) atoms. The topological polar surface area (TPSA) is 64.8 Å². The molecule has 0 aromatic carbocycles. The zero-order valence-corrected chi connectivity index (χ0v) is 10.8. The fourth-order valence-corrected chi connectivity index (χ4v) is 2.39. The van der Waals surface area contributed by atoms with E-state index in [1.54, 1.807) is 12.3 Å². The highest BCUT2D eigenvalue weighted by atomic mass is 15.3. The van der Waals surface area contributed by atoms with E-state index in [1.807, 2.05) is 0 Å². The predicted octanol–water partition coefficient (Wildman–Crippen LogP) is 1.17. The summed E-state index contributed by atoms with van der Waals surface area (Å²) in [6.07, 6.45) is 3.96. The van der Waals surface area contributed by atoms with Crippen LogP contribution in [0.5, 0.6) is 0 Å².